The fourth-order valence-electron chi connectivity index (χ4n) is 1.63. The van der Waals surface area contributed by atoms with Gasteiger partial charge in [0.25, 0.3) is 5.91 Å². The van der Waals surface area contributed by atoms with Crippen molar-refractivity contribution in [3.8, 4) is 5.75 Å². The van der Waals surface area contributed by atoms with Crippen LogP contribution in [0.15, 0.2) is 36.4 Å². The number of carboxylic acids is 1. The van der Waals surface area contributed by atoms with Crippen molar-refractivity contribution >= 4 is 51.8 Å². The largest absolute Gasteiger partial charge is 0.507 e. The van der Waals surface area contributed by atoms with E-state index in [2.05, 4.69) is 5.32 Å². The summed E-state index contributed by atoms with van der Waals surface area (Å²) in [5, 5.41) is 21.4. The molecule has 0 unspecified atom stereocenters. The lowest BCUT2D eigenvalue weighted by Crippen LogP contribution is -2.12. The first-order chi connectivity index (χ1) is 9.88. The molecule has 0 atom stereocenters. The number of carboxylic acid groups (broad SMARTS) is 1. The predicted octanol–water partition coefficient (Wildman–Crippen LogP) is 3.60. The van der Waals surface area contributed by atoms with Crippen molar-refractivity contribution in [2.24, 2.45) is 0 Å². The summed E-state index contributed by atoms with van der Waals surface area (Å²) < 4.78 is 0.828. The number of carbonyl (C=O) groups excluding carboxylic acids is 1. The SMILES string of the molecule is O=C(Nc1ccc(C(=O)O)c(O)c1)c1ccc(I)c(Cl)c1. The molecule has 0 bridgehead atoms. The van der Waals surface area contributed by atoms with Gasteiger partial charge in [-0.2, -0.15) is 0 Å². The summed E-state index contributed by atoms with van der Waals surface area (Å²) in [6.45, 7) is 0. The maximum atomic E-state index is 12.0. The lowest BCUT2D eigenvalue weighted by molar-refractivity contribution is 0.0693. The molecular formula is C14H9ClINO4. The summed E-state index contributed by atoms with van der Waals surface area (Å²) in [5.74, 6) is -2.06. The highest BCUT2D eigenvalue weighted by molar-refractivity contribution is 14.1. The van der Waals surface area contributed by atoms with E-state index >= 15 is 0 Å². The molecule has 3 N–H and O–H groups in total. The molecule has 0 aliphatic heterocycles. The monoisotopic (exact) mass is 417 g/mol. The fraction of sp³-hybridized carbons (Fsp3) is 0. The third kappa shape index (κ3) is 3.64. The Morgan fingerprint density at radius 2 is 1.86 bits per heavy atom. The van der Waals surface area contributed by atoms with Crippen LogP contribution in [0.3, 0.4) is 0 Å². The third-order valence-corrected chi connectivity index (χ3v) is 4.24. The highest BCUT2D eigenvalue weighted by Gasteiger charge is 2.12. The Balaban J connectivity index is 2.21. The number of phenols is 1. The van der Waals surface area contributed by atoms with Crippen LogP contribution in [0.2, 0.25) is 5.02 Å². The molecule has 2 aromatic rings. The van der Waals surface area contributed by atoms with Crippen LogP contribution in [0, 0.1) is 3.57 Å². The number of halogens is 2. The second-order valence-electron chi connectivity index (χ2n) is 4.12. The van der Waals surface area contributed by atoms with Gasteiger partial charge in [-0.05, 0) is 52.9 Å². The first-order valence-corrected chi connectivity index (χ1v) is 7.17. The van der Waals surface area contributed by atoms with Gasteiger partial charge in [0.2, 0.25) is 0 Å². The van der Waals surface area contributed by atoms with Gasteiger partial charge in [0.05, 0.1) is 5.02 Å². The van der Waals surface area contributed by atoms with Gasteiger partial charge < -0.3 is 15.5 Å². The first-order valence-electron chi connectivity index (χ1n) is 5.71. The zero-order valence-electron chi connectivity index (χ0n) is 10.4. The highest BCUT2D eigenvalue weighted by atomic mass is 127. The van der Waals surface area contributed by atoms with Crippen molar-refractivity contribution in [1.29, 1.82) is 0 Å². The van der Waals surface area contributed by atoms with Crippen molar-refractivity contribution in [2.45, 2.75) is 0 Å². The molecule has 108 valence electrons. The molecular weight excluding hydrogens is 409 g/mol. The minimum absolute atomic E-state index is 0.231. The van der Waals surface area contributed by atoms with Crippen LogP contribution in [-0.2, 0) is 0 Å². The Morgan fingerprint density at radius 3 is 2.43 bits per heavy atom. The van der Waals surface area contributed by atoms with Crippen LogP contribution in [0.1, 0.15) is 20.7 Å². The number of rotatable bonds is 3. The standard InChI is InChI=1S/C14H9ClINO4/c15-10-5-7(1-4-11(10)16)13(19)17-8-2-3-9(14(20)21)12(18)6-8/h1-6,18H,(H,17,19)(H,20,21). The maximum absolute atomic E-state index is 12.0. The molecule has 2 rings (SSSR count). The molecule has 2 aromatic carbocycles. The van der Waals surface area contributed by atoms with E-state index in [1.807, 2.05) is 22.6 Å². The minimum atomic E-state index is -1.24. The molecule has 21 heavy (non-hydrogen) atoms. The van der Waals surface area contributed by atoms with E-state index in [1.165, 1.54) is 24.3 Å². The van der Waals surface area contributed by atoms with Crippen LogP contribution in [-0.4, -0.2) is 22.1 Å². The summed E-state index contributed by atoms with van der Waals surface area (Å²) in [6, 6.07) is 8.65. The number of benzene rings is 2. The van der Waals surface area contributed by atoms with Crippen molar-refractivity contribution < 1.29 is 19.8 Å². The van der Waals surface area contributed by atoms with Gasteiger partial charge in [-0.3, -0.25) is 4.79 Å². The van der Waals surface area contributed by atoms with Gasteiger partial charge >= 0.3 is 5.97 Å². The quantitative estimate of drug-likeness (QED) is 0.666. The van der Waals surface area contributed by atoms with E-state index in [0.717, 1.165) is 3.57 Å². The van der Waals surface area contributed by atoms with E-state index in [0.29, 0.717) is 10.6 Å². The van der Waals surface area contributed by atoms with Gasteiger partial charge in [0.15, 0.2) is 0 Å². The average molecular weight is 418 g/mol. The molecule has 0 aliphatic rings. The van der Waals surface area contributed by atoms with Crippen LogP contribution < -0.4 is 5.32 Å². The zero-order valence-corrected chi connectivity index (χ0v) is 13.3. The molecule has 0 heterocycles. The Kier molecular flexibility index (Phi) is 4.69. The minimum Gasteiger partial charge on any atom is -0.507 e. The summed E-state index contributed by atoms with van der Waals surface area (Å²) in [7, 11) is 0. The first kappa shape index (κ1) is 15.6. The molecule has 0 saturated heterocycles. The number of carbonyl (C=O) groups is 2. The van der Waals surface area contributed by atoms with E-state index in [4.69, 9.17) is 16.7 Å². The number of hydrogen-bond donors (Lipinski definition) is 3. The molecule has 0 aromatic heterocycles. The summed E-state index contributed by atoms with van der Waals surface area (Å²) in [4.78, 5) is 22.8. The normalized spacial score (nSPS) is 10.2. The highest BCUT2D eigenvalue weighted by Crippen LogP contribution is 2.23. The molecule has 1 amide bonds. The van der Waals surface area contributed by atoms with E-state index in [9.17, 15) is 14.7 Å². The summed E-state index contributed by atoms with van der Waals surface area (Å²) in [5.41, 5.74) is 0.421. The predicted molar refractivity (Wildman–Crippen MR) is 87.2 cm³/mol. The van der Waals surface area contributed by atoms with Crippen LogP contribution in [0.4, 0.5) is 5.69 Å². The maximum Gasteiger partial charge on any atom is 0.339 e. The topological polar surface area (TPSA) is 86.6 Å². The van der Waals surface area contributed by atoms with Gasteiger partial charge in [-0.15, -0.1) is 0 Å². The number of anilines is 1. The van der Waals surface area contributed by atoms with Crippen molar-refractivity contribution in [1.82, 2.24) is 0 Å². The fourth-order valence-corrected chi connectivity index (χ4v) is 2.15. The molecule has 0 radical (unpaired) electrons. The van der Waals surface area contributed by atoms with Gasteiger partial charge in [0.1, 0.15) is 11.3 Å². The number of aromatic hydroxyl groups is 1. The van der Waals surface area contributed by atoms with Gasteiger partial charge in [-0.1, -0.05) is 11.6 Å². The molecule has 0 fully saturated rings. The molecule has 0 aliphatic carbocycles. The summed E-state index contributed by atoms with van der Waals surface area (Å²) >= 11 is 8.00. The van der Waals surface area contributed by atoms with E-state index in [1.54, 1.807) is 12.1 Å². The Bertz CT molecular complexity index is 733. The Hall–Kier alpha value is -1.80. The zero-order chi connectivity index (χ0) is 15.6. The van der Waals surface area contributed by atoms with Crippen LogP contribution in [0.25, 0.3) is 0 Å². The number of nitrogens with one attached hydrogen (secondary N) is 1. The molecule has 0 spiro atoms. The smallest absolute Gasteiger partial charge is 0.339 e. The van der Waals surface area contributed by atoms with Crippen molar-refractivity contribution in [2.75, 3.05) is 5.32 Å². The van der Waals surface area contributed by atoms with E-state index < -0.39 is 17.6 Å². The van der Waals surface area contributed by atoms with Crippen molar-refractivity contribution in [3.63, 3.8) is 0 Å². The van der Waals surface area contributed by atoms with Gasteiger partial charge in [0, 0.05) is 20.9 Å². The molecule has 5 nitrogen and oxygen atoms in total. The van der Waals surface area contributed by atoms with Crippen LogP contribution in [0.5, 0.6) is 5.75 Å². The number of aromatic carboxylic acids is 1. The Morgan fingerprint density at radius 1 is 1.14 bits per heavy atom. The molecule has 7 heteroatoms. The number of amides is 1. The summed E-state index contributed by atoms with van der Waals surface area (Å²) in [6.07, 6.45) is 0. The lowest BCUT2D eigenvalue weighted by atomic mass is 10.1. The van der Waals surface area contributed by atoms with Gasteiger partial charge in [-0.25, -0.2) is 4.79 Å². The third-order valence-electron chi connectivity index (χ3n) is 2.67. The van der Waals surface area contributed by atoms with Crippen LogP contribution >= 0.6 is 34.2 Å². The van der Waals surface area contributed by atoms with Crippen molar-refractivity contribution in [3.05, 3.63) is 56.1 Å². The second-order valence-corrected chi connectivity index (χ2v) is 5.69. The lowest BCUT2D eigenvalue weighted by Gasteiger charge is -2.08. The molecule has 0 saturated carbocycles. The van der Waals surface area contributed by atoms with E-state index in [-0.39, 0.29) is 11.3 Å². The Labute approximate surface area is 138 Å². The number of hydrogen-bond acceptors (Lipinski definition) is 3. The second kappa shape index (κ2) is 6.31. The average Bonchev–Trinajstić information content (AvgIpc) is 2.41.